The van der Waals surface area contributed by atoms with Crippen LogP contribution in [0.1, 0.15) is 62.8 Å². The van der Waals surface area contributed by atoms with Crippen LogP contribution in [0.2, 0.25) is 0 Å². The van der Waals surface area contributed by atoms with Crippen molar-refractivity contribution in [2.75, 3.05) is 0 Å². The van der Waals surface area contributed by atoms with E-state index >= 15 is 0 Å². The minimum atomic E-state index is 0.167. The summed E-state index contributed by atoms with van der Waals surface area (Å²) in [5.74, 6) is 0. The Morgan fingerprint density at radius 2 is 1.73 bits per heavy atom. The van der Waals surface area contributed by atoms with Crippen molar-refractivity contribution in [3.63, 3.8) is 0 Å². The van der Waals surface area contributed by atoms with Gasteiger partial charge in [-0.15, -0.1) is 5.10 Å². The molecule has 0 spiro atoms. The lowest BCUT2D eigenvalue weighted by Crippen LogP contribution is -2.12. The number of aryl methyl sites for hydroxylation is 1. The Labute approximate surface area is 156 Å². The first-order chi connectivity index (χ1) is 12.5. The second kappa shape index (κ2) is 6.71. The zero-order valence-corrected chi connectivity index (χ0v) is 15.9. The molecule has 0 aliphatic heterocycles. The first-order valence-corrected chi connectivity index (χ1v) is 9.63. The predicted octanol–water partition coefficient (Wildman–Crippen LogP) is 5.56. The average Bonchev–Trinajstić information content (AvgIpc) is 3.02. The predicted molar refractivity (Wildman–Crippen MR) is 106 cm³/mol. The van der Waals surface area contributed by atoms with E-state index in [1.165, 1.54) is 36.0 Å². The summed E-state index contributed by atoms with van der Waals surface area (Å²) < 4.78 is 2.07. The molecule has 1 unspecified atom stereocenters. The lowest BCUT2D eigenvalue weighted by Gasteiger charge is -2.19. The first kappa shape index (κ1) is 17.0. The normalized spacial score (nSPS) is 17.6. The number of hydrogen-bond donors (Lipinski definition) is 0. The maximum atomic E-state index is 4.49. The van der Waals surface area contributed by atoms with Gasteiger partial charge in [-0.1, -0.05) is 80.9 Å². The third kappa shape index (κ3) is 3.31. The molecule has 4 rings (SSSR count). The van der Waals surface area contributed by atoms with Crippen LogP contribution >= 0.6 is 0 Å². The number of benzene rings is 2. The van der Waals surface area contributed by atoms with Gasteiger partial charge in [0.15, 0.2) is 0 Å². The van der Waals surface area contributed by atoms with Crippen LogP contribution in [0.3, 0.4) is 0 Å². The van der Waals surface area contributed by atoms with Crippen LogP contribution in [0, 0.1) is 0 Å². The van der Waals surface area contributed by atoms with Gasteiger partial charge in [0.1, 0.15) is 5.69 Å². The van der Waals surface area contributed by atoms with Crippen molar-refractivity contribution < 1.29 is 0 Å². The molecule has 1 aliphatic carbocycles. The summed E-state index contributed by atoms with van der Waals surface area (Å²) in [5, 5.41) is 8.96. The molecule has 0 bridgehead atoms. The van der Waals surface area contributed by atoms with E-state index in [0.29, 0.717) is 6.04 Å². The number of fused-ring (bicyclic) bond motifs is 1. The first-order valence-electron chi connectivity index (χ1n) is 9.63. The number of rotatable bonds is 2. The van der Waals surface area contributed by atoms with Gasteiger partial charge < -0.3 is 0 Å². The van der Waals surface area contributed by atoms with Gasteiger partial charge in [0, 0.05) is 5.56 Å². The zero-order chi connectivity index (χ0) is 18.1. The van der Waals surface area contributed by atoms with E-state index in [4.69, 9.17) is 0 Å². The van der Waals surface area contributed by atoms with Crippen molar-refractivity contribution in [1.29, 1.82) is 0 Å². The smallest absolute Gasteiger partial charge is 0.113 e. The molecule has 1 atom stereocenters. The van der Waals surface area contributed by atoms with Crippen LogP contribution in [0.15, 0.2) is 54.7 Å². The molecule has 134 valence electrons. The summed E-state index contributed by atoms with van der Waals surface area (Å²) in [5.41, 5.74) is 6.45. The van der Waals surface area contributed by atoms with E-state index in [-0.39, 0.29) is 5.41 Å². The fourth-order valence-electron chi connectivity index (χ4n) is 3.87. The minimum absolute atomic E-state index is 0.167. The van der Waals surface area contributed by atoms with Crippen LogP contribution in [0.25, 0.3) is 11.3 Å². The fourth-order valence-corrected chi connectivity index (χ4v) is 3.87. The third-order valence-corrected chi connectivity index (χ3v) is 5.46. The quantitative estimate of drug-likeness (QED) is 0.569. The molecule has 0 saturated heterocycles. The number of nitrogens with zero attached hydrogens (tertiary/aromatic N) is 3. The highest BCUT2D eigenvalue weighted by Gasteiger charge is 2.21. The molecule has 0 amide bonds. The van der Waals surface area contributed by atoms with Crippen molar-refractivity contribution in [3.05, 3.63) is 71.4 Å². The molecule has 1 aliphatic rings. The maximum absolute atomic E-state index is 4.49. The Hall–Kier alpha value is -2.42. The summed E-state index contributed by atoms with van der Waals surface area (Å²) in [6.45, 7) is 6.71. The number of aromatic nitrogens is 3. The van der Waals surface area contributed by atoms with Crippen LogP contribution in [-0.2, 0) is 11.8 Å². The molecule has 3 nitrogen and oxygen atoms in total. The summed E-state index contributed by atoms with van der Waals surface area (Å²) in [7, 11) is 0. The highest BCUT2D eigenvalue weighted by Crippen LogP contribution is 2.32. The lowest BCUT2D eigenvalue weighted by atomic mass is 9.86. The SMILES string of the molecule is CC(C)(C)c1ccc(-c2cn(C3CCCCc4ccccc43)nn2)cc1. The van der Waals surface area contributed by atoms with Gasteiger partial charge in [0.2, 0.25) is 0 Å². The van der Waals surface area contributed by atoms with Gasteiger partial charge >= 0.3 is 0 Å². The van der Waals surface area contributed by atoms with Crippen molar-refractivity contribution >= 4 is 0 Å². The largest absolute Gasteiger partial charge is 0.244 e. The highest BCUT2D eigenvalue weighted by molar-refractivity contribution is 5.58. The van der Waals surface area contributed by atoms with Crippen LogP contribution in [0.4, 0.5) is 0 Å². The third-order valence-electron chi connectivity index (χ3n) is 5.46. The van der Waals surface area contributed by atoms with Crippen molar-refractivity contribution in [2.24, 2.45) is 0 Å². The van der Waals surface area contributed by atoms with E-state index in [9.17, 15) is 0 Å². The molecular weight excluding hydrogens is 318 g/mol. The van der Waals surface area contributed by atoms with E-state index in [2.05, 4.69) is 90.5 Å². The molecule has 1 heterocycles. The van der Waals surface area contributed by atoms with Gasteiger partial charge in [-0.2, -0.15) is 0 Å². The van der Waals surface area contributed by atoms with Gasteiger partial charge in [0.05, 0.1) is 12.2 Å². The van der Waals surface area contributed by atoms with Crippen LogP contribution in [0.5, 0.6) is 0 Å². The molecule has 26 heavy (non-hydrogen) atoms. The average molecular weight is 345 g/mol. The Bertz CT molecular complexity index is 884. The second-order valence-electron chi connectivity index (χ2n) is 8.37. The Balaban J connectivity index is 1.64. The number of hydrogen-bond acceptors (Lipinski definition) is 2. The molecule has 0 fully saturated rings. The molecule has 0 saturated carbocycles. The molecule has 1 aromatic heterocycles. The molecule has 3 heteroatoms. The molecule has 2 aromatic carbocycles. The summed E-state index contributed by atoms with van der Waals surface area (Å²) in [6.07, 6.45) is 6.89. The van der Waals surface area contributed by atoms with Crippen LogP contribution in [-0.4, -0.2) is 15.0 Å². The van der Waals surface area contributed by atoms with Crippen molar-refractivity contribution in [3.8, 4) is 11.3 Å². The molecule has 0 N–H and O–H groups in total. The summed E-state index contributed by atoms with van der Waals surface area (Å²) in [4.78, 5) is 0. The lowest BCUT2D eigenvalue weighted by molar-refractivity contribution is 0.468. The summed E-state index contributed by atoms with van der Waals surface area (Å²) in [6, 6.07) is 17.8. The Morgan fingerprint density at radius 1 is 0.962 bits per heavy atom. The molecular formula is C23H27N3. The van der Waals surface area contributed by atoms with E-state index in [1.54, 1.807) is 0 Å². The Kier molecular flexibility index (Phi) is 4.39. The monoisotopic (exact) mass is 345 g/mol. The van der Waals surface area contributed by atoms with Crippen molar-refractivity contribution in [2.45, 2.75) is 57.9 Å². The van der Waals surface area contributed by atoms with E-state index in [1.807, 2.05) is 0 Å². The standard InChI is InChI=1S/C23H27N3/c1-23(2,3)19-14-12-18(13-15-19)21-16-26(25-24-21)22-11-7-5-9-17-8-4-6-10-20(17)22/h4,6,8,10,12-16,22H,5,7,9,11H2,1-3H3. The van der Waals surface area contributed by atoms with Gasteiger partial charge in [-0.3, -0.25) is 0 Å². The Morgan fingerprint density at radius 3 is 2.50 bits per heavy atom. The van der Waals surface area contributed by atoms with Crippen LogP contribution < -0.4 is 0 Å². The molecule has 3 aromatic rings. The minimum Gasteiger partial charge on any atom is -0.244 e. The highest BCUT2D eigenvalue weighted by atomic mass is 15.4. The van der Waals surface area contributed by atoms with E-state index in [0.717, 1.165) is 17.7 Å². The van der Waals surface area contributed by atoms with Gasteiger partial charge in [-0.25, -0.2) is 4.68 Å². The zero-order valence-electron chi connectivity index (χ0n) is 15.9. The summed E-state index contributed by atoms with van der Waals surface area (Å²) >= 11 is 0. The van der Waals surface area contributed by atoms with Crippen molar-refractivity contribution in [1.82, 2.24) is 15.0 Å². The molecule has 0 radical (unpaired) electrons. The maximum Gasteiger partial charge on any atom is 0.113 e. The topological polar surface area (TPSA) is 30.7 Å². The fraction of sp³-hybridized carbons (Fsp3) is 0.391. The second-order valence-corrected chi connectivity index (χ2v) is 8.37. The van der Waals surface area contributed by atoms with E-state index < -0.39 is 0 Å². The van der Waals surface area contributed by atoms with Gasteiger partial charge in [0.25, 0.3) is 0 Å². The van der Waals surface area contributed by atoms with Gasteiger partial charge in [-0.05, 0) is 41.4 Å².